The second-order valence-electron chi connectivity index (χ2n) is 0.430. The van der Waals surface area contributed by atoms with Gasteiger partial charge in [0.25, 0.3) is 0 Å². The molecule has 0 spiro atoms. The first-order valence-electron chi connectivity index (χ1n) is 1.07. The topological polar surface area (TPSA) is 29.4 Å². The van der Waals surface area contributed by atoms with Crippen LogP contribution in [0.5, 0.6) is 0 Å². The molecule has 26 valence electrons. The summed E-state index contributed by atoms with van der Waals surface area (Å²) in [6.07, 6.45) is 0.958. The summed E-state index contributed by atoms with van der Waals surface area (Å²) < 4.78 is 0. The van der Waals surface area contributed by atoms with Gasteiger partial charge in [0.2, 0.25) is 0 Å². The Morgan fingerprint density at radius 3 is 2.60 bits per heavy atom. The summed E-state index contributed by atoms with van der Waals surface area (Å²) in [5.74, 6) is 1.41. The molecule has 0 saturated carbocycles. The Hall–Kier alpha value is -0.880. The molecule has 0 rings (SSSR count). The van der Waals surface area contributed by atoms with Gasteiger partial charge in [-0.05, 0) is 6.72 Å². The minimum absolute atomic E-state index is 0.958. The molecule has 2 nitrogen and oxygen atoms in total. The first-order chi connectivity index (χ1) is 2.41. The second-order valence-corrected chi connectivity index (χ2v) is 0.430. The molecular formula is C3H3NO. The molecular weight excluding hydrogens is 66.0 g/mol. The first kappa shape index (κ1) is 4.12. The van der Waals surface area contributed by atoms with E-state index < -0.39 is 0 Å². The van der Waals surface area contributed by atoms with E-state index in [0.29, 0.717) is 0 Å². The van der Waals surface area contributed by atoms with Gasteiger partial charge in [-0.15, -0.1) is 0 Å². The fraction of sp³-hybridized carbons (Fsp3) is 0. The molecule has 0 aliphatic heterocycles. The standard InChI is InChI=1S/C3H3NO/c1-4-2-3-5/h2H,1H2. The van der Waals surface area contributed by atoms with Gasteiger partial charge < -0.3 is 0 Å². The smallest absolute Gasteiger partial charge is 0.144 e. The molecule has 0 aromatic carbocycles. The summed E-state index contributed by atoms with van der Waals surface area (Å²) in [6, 6.07) is 0. The quantitative estimate of drug-likeness (QED) is 0.315. The Morgan fingerprint density at radius 2 is 2.60 bits per heavy atom. The van der Waals surface area contributed by atoms with E-state index in [9.17, 15) is 0 Å². The number of carbonyl (C=O) groups excluding carboxylic acids is 1. The third-order valence-corrected chi connectivity index (χ3v) is 0.144. The molecule has 0 fully saturated rings. The Labute approximate surface area is 29.8 Å². The Morgan fingerprint density at radius 1 is 2.00 bits per heavy atom. The third-order valence-electron chi connectivity index (χ3n) is 0.144. The number of hydrogen-bond acceptors (Lipinski definition) is 2. The number of hydrogen-bond donors (Lipinski definition) is 0. The van der Waals surface area contributed by atoms with Crippen molar-refractivity contribution in [2.45, 2.75) is 0 Å². The van der Waals surface area contributed by atoms with Crippen LogP contribution in [0.1, 0.15) is 0 Å². The maximum absolute atomic E-state index is 9.09. The molecule has 0 radical (unpaired) electrons. The van der Waals surface area contributed by atoms with E-state index in [1.54, 1.807) is 0 Å². The van der Waals surface area contributed by atoms with Gasteiger partial charge in [-0.1, -0.05) is 0 Å². The average Bonchev–Trinajstić information content (AvgIpc) is 1.41. The van der Waals surface area contributed by atoms with Crippen LogP contribution < -0.4 is 0 Å². The zero-order chi connectivity index (χ0) is 4.12. The van der Waals surface area contributed by atoms with E-state index in [1.165, 1.54) is 5.94 Å². The Balaban J connectivity index is 3.31. The van der Waals surface area contributed by atoms with Crippen LogP contribution in [0.2, 0.25) is 0 Å². The van der Waals surface area contributed by atoms with Crippen molar-refractivity contribution in [3.05, 3.63) is 6.20 Å². The van der Waals surface area contributed by atoms with Crippen LogP contribution in [-0.2, 0) is 4.79 Å². The number of aliphatic imine (C=N–C) groups is 1. The zero-order valence-electron chi connectivity index (χ0n) is 2.64. The van der Waals surface area contributed by atoms with Gasteiger partial charge in [0.1, 0.15) is 12.1 Å². The van der Waals surface area contributed by atoms with Crippen molar-refractivity contribution in [1.82, 2.24) is 0 Å². The van der Waals surface area contributed by atoms with Crippen LogP contribution in [0.4, 0.5) is 0 Å². The van der Waals surface area contributed by atoms with Crippen molar-refractivity contribution in [1.29, 1.82) is 0 Å². The van der Waals surface area contributed by atoms with Gasteiger partial charge in [-0.2, -0.15) is 0 Å². The molecule has 0 aliphatic rings. The monoisotopic (exact) mass is 69.0 g/mol. The van der Waals surface area contributed by atoms with E-state index in [0.717, 1.165) is 6.20 Å². The molecule has 0 aromatic heterocycles. The molecule has 0 bridgehead atoms. The van der Waals surface area contributed by atoms with Gasteiger partial charge >= 0.3 is 0 Å². The molecule has 0 amide bonds. The van der Waals surface area contributed by atoms with Crippen LogP contribution >= 0.6 is 0 Å². The van der Waals surface area contributed by atoms with Crippen LogP contribution in [0, 0.1) is 0 Å². The lowest BCUT2D eigenvalue weighted by Crippen LogP contribution is -1.40. The summed E-state index contributed by atoms with van der Waals surface area (Å²) in [4.78, 5) is 12.1. The van der Waals surface area contributed by atoms with Crippen molar-refractivity contribution in [2.24, 2.45) is 4.99 Å². The molecule has 0 saturated heterocycles. The lowest BCUT2D eigenvalue weighted by atomic mass is 11.0. The molecule has 2 heteroatoms. The van der Waals surface area contributed by atoms with E-state index in [4.69, 9.17) is 4.79 Å². The lowest BCUT2D eigenvalue weighted by molar-refractivity contribution is 0.568. The van der Waals surface area contributed by atoms with Crippen molar-refractivity contribution < 1.29 is 4.79 Å². The average molecular weight is 69.1 g/mol. The van der Waals surface area contributed by atoms with Crippen LogP contribution in [0.15, 0.2) is 11.2 Å². The van der Waals surface area contributed by atoms with Gasteiger partial charge in [0, 0.05) is 0 Å². The van der Waals surface area contributed by atoms with Crippen LogP contribution in [-0.4, -0.2) is 12.7 Å². The van der Waals surface area contributed by atoms with Crippen molar-refractivity contribution in [2.75, 3.05) is 0 Å². The van der Waals surface area contributed by atoms with E-state index in [2.05, 4.69) is 11.7 Å². The summed E-state index contributed by atoms with van der Waals surface area (Å²) >= 11 is 0. The van der Waals surface area contributed by atoms with Crippen molar-refractivity contribution in [3.63, 3.8) is 0 Å². The summed E-state index contributed by atoms with van der Waals surface area (Å²) in [5, 5.41) is 0. The Bertz CT molecular complexity index is 71.0. The maximum atomic E-state index is 9.09. The van der Waals surface area contributed by atoms with Crippen molar-refractivity contribution >= 4 is 12.7 Å². The molecule has 0 unspecified atom stereocenters. The highest BCUT2D eigenvalue weighted by molar-refractivity contribution is 5.46. The largest absolute Gasteiger partial charge is 0.261 e. The highest BCUT2D eigenvalue weighted by atomic mass is 16.1. The maximum Gasteiger partial charge on any atom is 0.144 e. The second kappa shape index (κ2) is 3.12. The highest BCUT2D eigenvalue weighted by Gasteiger charge is 1.40. The van der Waals surface area contributed by atoms with Gasteiger partial charge in [-0.3, -0.25) is 4.99 Å². The van der Waals surface area contributed by atoms with Crippen LogP contribution in [0.25, 0.3) is 0 Å². The molecule has 0 aliphatic carbocycles. The van der Waals surface area contributed by atoms with Crippen molar-refractivity contribution in [3.8, 4) is 0 Å². The van der Waals surface area contributed by atoms with E-state index >= 15 is 0 Å². The van der Waals surface area contributed by atoms with Gasteiger partial charge in [-0.25, -0.2) is 4.79 Å². The summed E-state index contributed by atoms with van der Waals surface area (Å²) in [7, 11) is 0. The number of nitrogens with zero attached hydrogens (tertiary/aromatic N) is 1. The fourth-order valence-electron chi connectivity index (χ4n) is 0.0373. The molecule has 5 heavy (non-hydrogen) atoms. The number of rotatable bonds is 1. The summed E-state index contributed by atoms with van der Waals surface area (Å²) in [6.45, 7) is 2.98. The molecule has 0 heterocycles. The minimum Gasteiger partial charge on any atom is -0.261 e. The zero-order valence-corrected chi connectivity index (χ0v) is 2.64. The van der Waals surface area contributed by atoms with Crippen LogP contribution in [0.3, 0.4) is 0 Å². The summed E-state index contributed by atoms with van der Waals surface area (Å²) in [5.41, 5.74) is 0. The third kappa shape index (κ3) is 3.12. The molecule has 0 atom stereocenters. The molecule has 0 N–H and O–H groups in total. The molecule has 0 aromatic rings. The fourth-order valence-corrected chi connectivity index (χ4v) is 0.0373. The van der Waals surface area contributed by atoms with Gasteiger partial charge in [0.15, 0.2) is 0 Å². The highest BCUT2D eigenvalue weighted by Crippen LogP contribution is 1.49. The van der Waals surface area contributed by atoms with E-state index in [1.807, 2.05) is 0 Å². The normalized spacial score (nSPS) is 4.80. The first-order valence-corrected chi connectivity index (χ1v) is 1.07. The SMILES string of the molecule is C=NC=C=O. The Kier molecular flexibility index (Phi) is 2.57. The minimum atomic E-state index is 0.958. The lowest BCUT2D eigenvalue weighted by Gasteiger charge is -1.47. The predicted molar refractivity (Wildman–Crippen MR) is 19.8 cm³/mol. The van der Waals surface area contributed by atoms with E-state index in [-0.39, 0.29) is 0 Å². The predicted octanol–water partition coefficient (Wildman–Crippen LogP) is 0.0323. The van der Waals surface area contributed by atoms with Gasteiger partial charge in [0.05, 0.1) is 0 Å².